The van der Waals surface area contributed by atoms with Gasteiger partial charge < -0.3 is 30.0 Å². The molecule has 11 nitrogen and oxygen atoms in total. The van der Waals surface area contributed by atoms with Crippen molar-refractivity contribution in [3.8, 4) is 0 Å². The number of esters is 1. The molecule has 3 atom stereocenters. The Bertz CT molecular complexity index is 818. The van der Waals surface area contributed by atoms with E-state index in [0.717, 1.165) is 42.9 Å². The van der Waals surface area contributed by atoms with Crippen molar-refractivity contribution < 1.29 is 18.9 Å². The van der Waals surface area contributed by atoms with Gasteiger partial charge in [0.05, 0.1) is 24.6 Å². The zero-order valence-electron chi connectivity index (χ0n) is 19.9. The lowest BCUT2D eigenvalue weighted by Gasteiger charge is -2.25. The largest absolute Gasteiger partial charge is 0.462 e. The van der Waals surface area contributed by atoms with Crippen LogP contribution in [0.3, 0.4) is 0 Å². The third kappa shape index (κ3) is 7.65. The van der Waals surface area contributed by atoms with Gasteiger partial charge in [0.2, 0.25) is 8.30 Å². The van der Waals surface area contributed by atoms with Crippen molar-refractivity contribution >= 4 is 37.3 Å². The zero-order chi connectivity index (χ0) is 23.8. The lowest BCUT2D eigenvalue weighted by Crippen LogP contribution is -2.36. The standard InChI is InChI=1S/C21H36N7O4P/c1-14(2)31-21(29)16(4)27-33(32-26-17-8-6-5-7-9-17)13-30-15(3)10-28-12-25-18-19(22)23-11-24-20(18)28/h11,14-16,25,27H,5-10,12-13H2,1-4H3,(H2,22,23,24)/t15-,16+,33?/m1/s1. The molecule has 0 aromatic carbocycles. The average molecular weight is 482 g/mol. The first-order valence-corrected chi connectivity index (χ1v) is 13.0. The van der Waals surface area contributed by atoms with Crippen molar-refractivity contribution in [3.05, 3.63) is 6.33 Å². The molecule has 0 saturated heterocycles. The highest BCUT2D eigenvalue weighted by Gasteiger charge is 2.26. The molecule has 1 saturated carbocycles. The fraction of sp³-hybridized carbons (Fsp3) is 0.714. The minimum absolute atomic E-state index is 0.121. The van der Waals surface area contributed by atoms with Gasteiger partial charge in [-0.3, -0.25) is 4.79 Å². The molecule has 1 aromatic rings. The number of nitrogens with two attached hydrogens (primary N) is 1. The molecule has 1 unspecified atom stereocenters. The highest BCUT2D eigenvalue weighted by Crippen LogP contribution is 2.36. The number of hydrogen-bond acceptors (Lipinski definition) is 11. The number of fused-ring (bicyclic) bond motifs is 1. The molecule has 33 heavy (non-hydrogen) atoms. The summed E-state index contributed by atoms with van der Waals surface area (Å²) in [7, 11) is -1.33. The Balaban J connectivity index is 1.55. The number of carbonyl (C=O) groups excluding carboxylic acids is 1. The maximum absolute atomic E-state index is 12.3. The highest BCUT2D eigenvalue weighted by molar-refractivity contribution is 7.50. The molecule has 0 amide bonds. The summed E-state index contributed by atoms with van der Waals surface area (Å²) in [5.74, 6) is 0.876. The Labute approximate surface area is 196 Å². The number of hydrogen-bond donors (Lipinski definition) is 3. The summed E-state index contributed by atoms with van der Waals surface area (Å²) in [6.45, 7) is 8.60. The summed E-state index contributed by atoms with van der Waals surface area (Å²) in [4.78, 5) is 22.7. The second-order valence-corrected chi connectivity index (χ2v) is 10.1. The van der Waals surface area contributed by atoms with Gasteiger partial charge in [-0.2, -0.15) is 0 Å². The fourth-order valence-corrected chi connectivity index (χ4v) is 4.91. The van der Waals surface area contributed by atoms with Crippen LogP contribution < -0.4 is 21.0 Å². The summed E-state index contributed by atoms with van der Waals surface area (Å²) in [6.07, 6.45) is 6.86. The molecule has 1 aliphatic carbocycles. The number of carbonyl (C=O) groups is 1. The van der Waals surface area contributed by atoms with Crippen LogP contribution in [0, 0.1) is 0 Å². The van der Waals surface area contributed by atoms with E-state index in [0.29, 0.717) is 19.0 Å². The molecule has 1 aromatic heterocycles. The number of nitrogen functional groups attached to an aromatic ring is 1. The maximum atomic E-state index is 12.3. The minimum Gasteiger partial charge on any atom is -0.462 e. The number of anilines is 3. The predicted molar refractivity (Wildman–Crippen MR) is 130 cm³/mol. The number of aromatic nitrogens is 2. The van der Waals surface area contributed by atoms with Crippen molar-refractivity contribution in [2.24, 2.45) is 5.16 Å². The molecule has 1 aliphatic heterocycles. The summed E-state index contributed by atoms with van der Waals surface area (Å²) in [6, 6.07) is -0.529. The number of nitrogens with zero attached hydrogens (tertiary/aromatic N) is 4. The molecule has 4 N–H and O–H groups in total. The van der Waals surface area contributed by atoms with Crippen molar-refractivity contribution in [2.75, 3.05) is 35.5 Å². The monoisotopic (exact) mass is 481 g/mol. The van der Waals surface area contributed by atoms with E-state index in [-0.39, 0.29) is 24.5 Å². The second-order valence-electron chi connectivity index (χ2n) is 8.64. The lowest BCUT2D eigenvalue weighted by molar-refractivity contribution is -0.148. The fourth-order valence-electron chi connectivity index (χ4n) is 3.60. The number of nitrogens with one attached hydrogen (secondary N) is 2. The number of ether oxygens (including phenoxy) is 2. The van der Waals surface area contributed by atoms with Crippen LogP contribution in [-0.2, 0) is 18.9 Å². The van der Waals surface area contributed by atoms with E-state index in [1.165, 1.54) is 12.7 Å². The molecule has 1 fully saturated rings. The van der Waals surface area contributed by atoms with Crippen molar-refractivity contribution in [1.82, 2.24) is 15.1 Å². The SMILES string of the molecule is CC(C)OC(=O)[C@H](C)NP(CO[C@H](C)CN1CNc2c(N)ncnc21)ON=C1CCCCC1. The van der Waals surface area contributed by atoms with Crippen LogP contribution in [-0.4, -0.2) is 59.5 Å². The van der Waals surface area contributed by atoms with E-state index in [9.17, 15) is 4.79 Å². The molecular weight excluding hydrogens is 445 g/mol. The maximum Gasteiger partial charge on any atom is 0.323 e. The van der Waals surface area contributed by atoms with Gasteiger partial charge in [-0.1, -0.05) is 11.6 Å². The van der Waals surface area contributed by atoms with Crippen LogP contribution in [0.1, 0.15) is 59.8 Å². The second kappa shape index (κ2) is 12.3. The Morgan fingerprint density at radius 3 is 2.76 bits per heavy atom. The van der Waals surface area contributed by atoms with Crippen molar-refractivity contribution in [3.63, 3.8) is 0 Å². The van der Waals surface area contributed by atoms with E-state index in [1.807, 2.05) is 20.8 Å². The van der Waals surface area contributed by atoms with Crippen LogP contribution in [0.25, 0.3) is 0 Å². The van der Waals surface area contributed by atoms with Crippen LogP contribution in [0.15, 0.2) is 11.5 Å². The van der Waals surface area contributed by atoms with Crippen LogP contribution in [0.2, 0.25) is 0 Å². The van der Waals surface area contributed by atoms with Gasteiger partial charge in [-0.05, 0) is 53.4 Å². The first-order valence-electron chi connectivity index (χ1n) is 11.5. The molecule has 184 valence electrons. The number of oxime groups is 1. The Hall–Kier alpha value is -2.23. The summed E-state index contributed by atoms with van der Waals surface area (Å²) >= 11 is 0. The summed E-state index contributed by atoms with van der Waals surface area (Å²) in [5.41, 5.74) is 7.73. The third-order valence-corrected chi connectivity index (χ3v) is 6.64. The van der Waals surface area contributed by atoms with Crippen molar-refractivity contribution in [1.29, 1.82) is 0 Å². The predicted octanol–water partition coefficient (Wildman–Crippen LogP) is 3.19. The van der Waals surface area contributed by atoms with Gasteiger partial charge in [0, 0.05) is 6.54 Å². The summed E-state index contributed by atoms with van der Waals surface area (Å²) in [5, 5.41) is 10.8. The molecule has 0 spiro atoms. The van der Waals surface area contributed by atoms with E-state index in [4.69, 9.17) is 19.8 Å². The van der Waals surface area contributed by atoms with Crippen molar-refractivity contribution in [2.45, 2.75) is 78.0 Å². The molecule has 2 aliphatic rings. The first kappa shape index (κ1) is 25.4. The van der Waals surface area contributed by atoms with E-state index >= 15 is 0 Å². The van der Waals surface area contributed by atoms with Crippen LogP contribution in [0.4, 0.5) is 17.3 Å². The average Bonchev–Trinajstić information content (AvgIpc) is 3.19. The van der Waals surface area contributed by atoms with Gasteiger partial charge in [0.25, 0.3) is 0 Å². The van der Waals surface area contributed by atoms with E-state index in [1.54, 1.807) is 6.92 Å². The summed E-state index contributed by atoms with van der Waals surface area (Å²) < 4.78 is 17.2. The van der Waals surface area contributed by atoms with E-state index in [2.05, 4.69) is 30.4 Å². The van der Waals surface area contributed by atoms with Gasteiger partial charge in [0.1, 0.15) is 24.4 Å². The van der Waals surface area contributed by atoms with Crippen LogP contribution >= 0.6 is 8.30 Å². The van der Waals surface area contributed by atoms with Crippen LogP contribution in [0.5, 0.6) is 0 Å². The Morgan fingerprint density at radius 1 is 1.27 bits per heavy atom. The zero-order valence-corrected chi connectivity index (χ0v) is 20.8. The topological polar surface area (TPSA) is 136 Å². The minimum atomic E-state index is -1.33. The van der Waals surface area contributed by atoms with Gasteiger partial charge >= 0.3 is 5.97 Å². The molecular formula is C21H36N7O4P. The normalized spacial score (nSPS) is 18.3. The third-order valence-electron chi connectivity index (χ3n) is 5.30. The quantitative estimate of drug-likeness (QED) is 0.245. The Kier molecular flexibility index (Phi) is 9.46. The Morgan fingerprint density at radius 2 is 2.03 bits per heavy atom. The van der Waals surface area contributed by atoms with Gasteiger partial charge in [0.15, 0.2) is 11.6 Å². The van der Waals surface area contributed by atoms with Gasteiger partial charge in [-0.15, -0.1) is 0 Å². The first-order chi connectivity index (χ1) is 15.8. The number of rotatable bonds is 11. The molecule has 12 heteroatoms. The smallest absolute Gasteiger partial charge is 0.323 e. The molecule has 2 heterocycles. The lowest BCUT2D eigenvalue weighted by atomic mass is 9.99. The molecule has 0 radical (unpaired) electrons. The molecule has 3 rings (SSSR count). The van der Waals surface area contributed by atoms with Gasteiger partial charge in [-0.25, -0.2) is 15.1 Å². The highest BCUT2D eigenvalue weighted by atomic mass is 31.2. The molecule has 0 bridgehead atoms. The van der Waals surface area contributed by atoms with E-state index < -0.39 is 14.3 Å².